The Balaban J connectivity index is 1.93. The van der Waals surface area contributed by atoms with Crippen molar-refractivity contribution in [2.75, 3.05) is 21.3 Å². The molecule has 10 nitrogen and oxygen atoms in total. The molecule has 2 aliphatic rings. The molecule has 0 spiro atoms. The van der Waals surface area contributed by atoms with E-state index in [-0.39, 0.29) is 29.4 Å². The zero-order chi connectivity index (χ0) is 26.2. The van der Waals surface area contributed by atoms with E-state index in [0.717, 1.165) is 0 Å². The lowest BCUT2D eigenvalue weighted by Gasteiger charge is -2.43. The smallest absolute Gasteiger partial charge is 0.305 e. The Morgan fingerprint density at radius 3 is 2.39 bits per heavy atom. The fourth-order valence-corrected chi connectivity index (χ4v) is 4.80. The molecule has 1 aliphatic carbocycles. The van der Waals surface area contributed by atoms with Crippen molar-refractivity contribution in [1.29, 1.82) is 5.26 Å². The first-order valence-electron chi connectivity index (χ1n) is 11.3. The van der Waals surface area contributed by atoms with Crippen molar-refractivity contribution < 1.29 is 28.2 Å². The topological polar surface area (TPSA) is 140 Å². The number of ketones is 1. The number of nitriles is 1. The van der Waals surface area contributed by atoms with Crippen molar-refractivity contribution in [3.63, 3.8) is 0 Å². The highest BCUT2D eigenvalue weighted by Gasteiger charge is 2.45. The minimum absolute atomic E-state index is 0.0143. The molecule has 0 fully saturated rings. The number of Topliss-reactive ketones (excluding diaryl/α,β-unsaturated/α-hetero) is 1. The van der Waals surface area contributed by atoms with Gasteiger partial charge in [0.1, 0.15) is 5.82 Å². The van der Waals surface area contributed by atoms with Gasteiger partial charge in [0.15, 0.2) is 23.0 Å². The SMILES string of the molecule is COc1cc(C2C(C#N)=C(N)N(NC(=O)c3ccco3)C3=C2C(=O)CC(C)(C)C3)cc(OC)c1OC. The van der Waals surface area contributed by atoms with Crippen LogP contribution in [0.4, 0.5) is 0 Å². The van der Waals surface area contributed by atoms with Crippen LogP contribution in [-0.2, 0) is 4.79 Å². The van der Waals surface area contributed by atoms with Crippen LogP contribution in [0.3, 0.4) is 0 Å². The van der Waals surface area contributed by atoms with Crippen LogP contribution in [0.5, 0.6) is 17.2 Å². The van der Waals surface area contributed by atoms with E-state index >= 15 is 0 Å². The Bertz CT molecular complexity index is 1290. The first-order valence-corrected chi connectivity index (χ1v) is 11.3. The molecular weight excluding hydrogens is 464 g/mol. The second-order valence-corrected chi connectivity index (χ2v) is 9.36. The largest absolute Gasteiger partial charge is 0.493 e. The van der Waals surface area contributed by atoms with E-state index in [1.165, 1.54) is 38.7 Å². The van der Waals surface area contributed by atoms with Crippen molar-refractivity contribution in [3.8, 4) is 23.3 Å². The number of hydrazine groups is 1. The summed E-state index contributed by atoms with van der Waals surface area (Å²) in [6, 6.07) is 8.65. The summed E-state index contributed by atoms with van der Waals surface area (Å²) in [4.78, 5) is 26.5. The van der Waals surface area contributed by atoms with E-state index in [4.69, 9.17) is 24.4 Å². The van der Waals surface area contributed by atoms with Gasteiger partial charge in [0, 0.05) is 12.0 Å². The van der Waals surface area contributed by atoms with Crippen LogP contribution in [-0.4, -0.2) is 38.0 Å². The number of benzene rings is 1. The molecule has 1 amide bonds. The first kappa shape index (κ1) is 24.7. The molecule has 1 unspecified atom stereocenters. The highest BCUT2D eigenvalue weighted by atomic mass is 16.5. The summed E-state index contributed by atoms with van der Waals surface area (Å²) >= 11 is 0. The lowest BCUT2D eigenvalue weighted by Crippen LogP contribution is -2.49. The summed E-state index contributed by atoms with van der Waals surface area (Å²) in [5, 5.41) is 11.5. The average molecular weight is 493 g/mol. The molecule has 0 saturated heterocycles. The lowest BCUT2D eigenvalue weighted by molar-refractivity contribution is -0.118. The number of methoxy groups -OCH3 is 3. The predicted molar refractivity (Wildman–Crippen MR) is 129 cm³/mol. The van der Waals surface area contributed by atoms with Crippen molar-refractivity contribution >= 4 is 11.7 Å². The van der Waals surface area contributed by atoms with Gasteiger partial charge in [-0.25, -0.2) is 5.01 Å². The zero-order valence-electron chi connectivity index (χ0n) is 20.8. The van der Waals surface area contributed by atoms with Crippen molar-refractivity contribution in [1.82, 2.24) is 10.4 Å². The molecule has 0 radical (unpaired) electrons. The Labute approximate surface area is 208 Å². The van der Waals surface area contributed by atoms with Gasteiger partial charge in [-0.2, -0.15) is 5.26 Å². The number of furan rings is 1. The summed E-state index contributed by atoms with van der Waals surface area (Å²) in [5.41, 5.74) is 10.4. The average Bonchev–Trinajstić information content (AvgIpc) is 3.39. The maximum Gasteiger partial charge on any atom is 0.305 e. The standard InChI is InChI=1S/C26H28N4O6/c1-26(2)11-16-22(17(31)12-26)21(14-9-19(33-3)23(35-5)20(10-14)34-4)15(13-27)24(28)30(16)29-25(32)18-7-6-8-36-18/h6-10,21H,11-12,28H2,1-5H3,(H,29,32). The fourth-order valence-electron chi connectivity index (χ4n) is 4.80. The highest BCUT2D eigenvalue weighted by Crippen LogP contribution is 2.50. The number of amides is 1. The first-order chi connectivity index (χ1) is 17.1. The normalized spacial score (nSPS) is 18.9. The lowest BCUT2D eigenvalue weighted by atomic mass is 9.69. The van der Waals surface area contributed by atoms with Gasteiger partial charge in [-0.05, 0) is 41.7 Å². The van der Waals surface area contributed by atoms with E-state index in [1.54, 1.807) is 18.2 Å². The van der Waals surface area contributed by atoms with Gasteiger partial charge in [-0.15, -0.1) is 0 Å². The van der Waals surface area contributed by atoms with Crippen LogP contribution in [0, 0.1) is 16.7 Å². The third-order valence-electron chi connectivity index (χ3n) is 6.36. The molecule has 1 atom stereocenters. The quantitative estimate of drug-likeness (QED) is 0.621. The molecule has 0 bridgehead atoms. The van der Waals surface area contributed by atoms with Crippen LogP contribution in [0.1, 0.15) is 48.7 Å². The molecule has 4 rings (SSSR count). The Hall–Kier alpha value is -4.39. The summed E-state index contributed by atoms with van der Waals surface area (Å²) in [6.45, 7) is 3.94. The Morgan fingerprint density at radius 1 is 1.19 bits per heavy atom. The Kier molecular flexibility index (Phi) is 6.41. The van der Waals surface area contributed by atoms with E-state index in [0.29, 0.717) is 40.5 Å². The number of rotatable bonds is 6. The zero-order valence-corrected chi connectivity index (χ0v) is 20.8. The van der Waals surface area contributed by atoms with Crippen LogP contribution < -0.4 is 25.4 Å². The molecular formula is C26H28N4O6. The minimum Gasteiger partial charge on any atom is -0.493 e. The van der Waals surface area contributed by atoms with Crippen molar-refractivity contribution in [3.05, 3.63) is 64.5 Å². The number of nitrogens with zero attached hydrogens (tertiary/aromatic N) is 2. The van der Waals surface area contributed by atoms with Crippen LogP contribution in [0.2, 0.25) is 0 Å². The van der Waals surface area contributed by atoms with E-state index in [1.807, 2.05) is 13.8 Å². The van der Waals surface area contributed by atoms with Gasteiger partial charge in [0.05, 0.1) is 50.8 Å². The summed E-state index contributed by atoms with van der Waals surface area (Å²) < 4.78 is 21.6. The molecule has 1 aromatic carbocycles. The predicted octanol–water partition coefficient (Wildman–Crippen LogP) is 3.39. The van der Waals surface area contributed by atoms with Gasteiger partial charge in [0.2, 0.25) is 5.75 Å². The maximum absolute atomic E-state index is 13.6. The summed E-state index contributed by atoms with van der Waals surface area (Å²) in [7, 11) is 4.47. The molecule has 1 aromatic heterocycles. The van der Waals surface area contributed by atoms with Crippen LogP contribution in [0.25, 0.3) is 0 Å². The van der Waals surface area contributed by atoms with Gasteiger partial charge >= 0.3 is 5.91 Å². The summed E-state index contributed by atoms with van der Waals surface area (Å²) in [5.74, 6) is -0.278. The molecule has 3 N–H and O–H groups in total. The highest BCUT2D eigenvalue weighted by molar-refractivity contribution is 6.00. The number of nitrogens with one attached hydrogen (secondary N) is 1. The number of allylic oxidation sites excluding steroid dienone is 3. The molecule has 1 aliphatic heterocycles. The monoisotopic (exact) mass is 492 g/mol. The fraction of sp³-hybridized carbons (Fsp3) is 0.346. The van der Waals surface area contributed by atoms with E-state index in [2.05, 4.69) is 11.5 Å². The minimum atomic E-state index is -0.793. The summed E-state index contributed by atoms with van der Waals surface area (Å²) in [6.07, 6.45) is 2.08. The van der Waals surface area contributed by atoms with E-state index in [9.17, 15) is 14.9 Å². The number of hydrogen-bond acceptors (Lipinski definition) is 9. The number of carbonyl (C=O) groups is 2. The number of nitrogens with two attached hydrogens (primary N) is 1. The third-order valence-corrected chi connectivity index (χ3v) is 6.36. The van der Waals surface area contributed by atoms with Gasteiger partial charge in [0.25, 0.3) is 0 Å². The number of ether oxygens (including phenoxy) is 3. The molecule has 188 valence electrons. The number of carbonyl (C=O) groups excluding carboxylic acids is 2. The van der Waals surface area contributed by atoms with Crippen LogP contribution >= 0.6 is 0 Å². The molecule has 2 aromatic rings. The molecule has 10 heteroatoms. The molecule has 36 heavy (non-hydrogen) atoms. The second kappa shape index (κ2) is 9.34. The van der Waals surface area contributed by atoms with Crippen LogP contribution in [0.15, 0.2) is 57.6 Å². The Morgan fingerprint density at radius 2 is 1.86 bits per heavy atom. The van der Waals surface area contributed by atoms with E-state index < -0.39 is 17.2 Å². The maximum atomic E-state index is 13.6. The van der Waals surface area contributed by atoms with Gasteiger partial charge in [-0.3, -0.25) is 15.0 Å². The van der Waals surface area contributed by atoms with Gasteiger partial charge < -0.3 is 24.4 Å². The molecule has 2 heterocycles. The second-order valence-electron chi connectivity index (χ2n) is 9.36. The third kappa shape index (κ3) is 4.13. The number of hydrogen-bond donors (Lipinski definition) is 2. The molecule has 0 saturated carbocycles. The van der Waals surface area contributed by atoms with Gasteiger partial charge in [-0.1, -0.05) is 13.8 Å². The van der Waals surface area contributed by atoms with Crippen molar-refractivity contribution in [2.45, 2.75) is 32.6 Å². The van der Waals surface area contributed by atoms with Crippen molar-refractivity contribution in [2.24, 2.45) is 11.1 Å².